The van der Waals surface area contributed by atoms with Crippen LogP contribution in [0.4, 0.5) is 0 Å². The minimum absolute atomic E-state index is 0.115. The first kappa shape index (κ1) is 12.4. The maximum absolute atomic E-state index is 12.1. The van der Waals surface area contributed by atoms with E-state index in [0.29, 0.717) is 6.10 Å². The van der Waals surface area contributed by atoms with E-state index in [1.807, 2.05) is 19.9 Å². The summed E-state index contributed by atoms with van der Waals surface area (Å²) in [6.07, 6.45) is 3.79. The Bertz CT molecular complexity index is 416. The summed E-state index contributed by atoms with van der Waals surface area (Å²) < 4.78 is 7.74. The standard InChI is InChI=1S/C14H21NO2/c1-4-15-10(2)8-13(11(15)3)14(16)9-17-12-6-5-7-12/h8,12H,4-7,9H2,1-3H3. The number of aromatic nitrogens is 1. The molecular formula is C14H21NO2. The molecule has 0 aromatic carbocycles. The van der Waals surface area contributed by atoms with E-state index < -0.39 is 0 Å². The van der Waals surface area contributed by atoms with E-state index in [-0.39, 0.29) is 12.4 Å². The molecule has 94 valence electrons. The van der Waals surface area contributed by atoms with Gasteiger partial charge in [-0.2, -0.15) is 0 Å². The molecule has 0 saturated heterocycles. The molecule has 17 heavy (non-hydrogen) atoms. The number of carbonyl (C=O) groups excluding carboxylic acids is 1. The van der Waals surface area contributed by atoms with Crippen molar-refractivity contribution < 1.29 is 9.53 Å². The van der Waals surface area contributed by atoms with Crippen LogP contribution < -0.4 is 0 Å². The quantitative estimate of drug-likeness (QED) is 0.735. The van der Waals surface area contributed by atoms with Gasteiger partial charge in [0.05, 0.1) is 6.10 Å². The van der Waals surface area contributed by atoms with E-state index in [1.165, 1.54) is 6.42 Å². The first-order chi connectivity index (χ1) is 8.13. The van der Waals surface area contributed by atoms with Crippen LogP contribution in [0.15, 0.2) is 6.07 Å². The van der Waals surface area contributed by atoms with E-state index in [1.54, 1.807) is 0 Å². The number of carbonyl (C=O) groups is 1. The summed E-state index contributed by atoms with van der Waals surface area (Å²) in [4.78, 5) is 12.1. The van der Waals surface area contributed by atoms with Crippen molar-refractivity contribution in [3.05, 3.63) is 23.0 Å². The third-order valence-electron chi connectivity index (χ3n) is 3.69. The minimum atomic E-state index is 0.115. The van der Waals surface area contributed by atoms with Gasteiger partial charge in [0.2, 0.25) is 0 Å². The Morgan fingerprint density at radius 3 is 2.65 bits per heavy atom. The normalized spacial score (nSPS) is 15.9. The van der Waals surface area contributed by atoms with Crippen LogP contribution in [-0.2, 0) is 11.3 Å². The number of hydrogen-bond acceptors (Lipinski definition) is 2. The second-order valence-electron chi connectivity index (χ2n) is 4.82. The van der Waals surface area contributed by atoms with E-state index in [4.69, 9.17) is 4.74 Å². The predicted molar refractivity (Wildman–Crippen MR) is 67.5 cm³/mol. The van der Waals surface area contributed by atoms with Crippen molar-refractivity contribution >= 4 is 5.78 Å². The molecule has 1 fully saturated rings. The van der Waals surface area contributed by atoms with Crippen molar-refractivity contribution in [1.82, 2.24) is 4.57 Å². The SMILES string of the molecule is CCn1c(C)cc(C(=O)COC2CCC2)c1C. The number of Topliss-reactive ketones (excluding diaryl/α,β-unsaturated/α-hetero) is 1. The molecule has 1 aromatic rings. The van der Waals surface area contributed by atoms with Crippen LogP contribution in [0.2, 0.25) is 0 Å². The molecule has 1 aromatic heterocycles. The van der Waals surface area contributed by atoms with Crippen molar-refractivity contribution in [3.8, 4) is 0 Å². The van der Waals surface area contributed by atoms with Gasteiger partial charge in [0, 0.05) is 23.5 Å². The zero-order valence-electron chi connectivity index (χ0n) is 11.0. The largest absolute Gasteiger partial charge is 0.370 e. The van der Waals surface area contributed by atoms with Crippen molar-refractivity contribution in [2.24, 2.45) is 0 Å². The number of rotatable bonds is 5. The maximum atomic E-state index is 12.1. The average molecular weight is 235 g/mol. The lowest BCUT2D eigenvalue weighted by Crippen LogP contribution is -2.25. The van der Waals surface area contributed by atoms with Crippen molar-refractivity contribution in [2.75, 3.05) is 6.61 Å². The molecule has 1 heterocycles. The summed E-state index contributed by atoms with van der Waals surface area (Å²) in [5.41, 5.74) is 3.04. The van der Waals surface area contributed by atoms with E-state index >= 15 is 0 Å². The zero-order chi connectivity index (χ0) is 12.4. The first-order valence-corrected chi connectivity index (χ1v) is 6.45. The van der Waals surface area contributed by atoms with Crippen molar-refractivity contribution in [3.63, 3.8) is 0 Å². The summed E-state index contributed by atoms with van der Waals surface area (Å²) in [6.45, 7) is 7.29. The lowest BCUT2D eigenvalue weighted by Gasteiger charge is -2.25. The van der Waals surface area contributed by atoms with Crippen molar-refractivity contribution in [1.29, 1.82) is 0 Å². The van der Waals surface area contributed by atoms with E-state index in [0.717, 1.165) is 36.3 Å². The van der Waals surface area contributed by atoms with Gasteiger partial charge in [0.1, 0.15) is 6.61 Å². The monoisotopic (exact) mass is 235 g/mol. The smallest absolute Gasteiger partial charge is 0.190 e. The Labute approximate surface area is 103 Å². The molecule has 0 unspecified atom stereocenters. The molecular weight excluding hydrogens is 214 g/mol. The lowest BCUT2D eigenvalue weighted by atomic mass is 9.96. The summed E-state index contributed by atoms with van der Waals surface area (Å²) in [5, 5.41) is 0. The van der Waals surface area contributed by atoms with Crippen LogP contribution in [0, 0.1) is 13.8 Å². The molecule has 0 amide bonds. The van der Waals surface area contributed by atoms with Gasteiger partial charge in [0.25, 0.3) is 0 Å². The Hall–Kier alpha value is -1.09. The molecule has 1 aliphatic carbocycles. The summed E-state index contributed by atoms with van der Waals surface area (Å²) >= 11 is 0. The first-order valence-electron chi connectivity index (χ1n) is 6.45. The molecule has 3 nitrogen and oxygen atoms in total. The second-order valence-corrected chi connectivity index (χ2v) is 4.82. The highest BCUT2D eigenvalue weighted by molar-refractivity contribution is 5.98. The minimum Gasteiger partial charge on any atom is -0.370 e. The van der Waals surface area contributed by atoms with Gasteiger partial charge in [-0.05, 0) is 46.1 Å². The van der Waals surface area contributed by atoms with Gasteiger partial charge in [-0.3, -0.25) is 4.79 Å². The predicted octanol–water partition coefficient (Wildman–Crippen LogP) is 2.88. The van der Waals surface area contributed by atoms with Crippen molar-refractivity contribution in [2.45, 2.75) is 52.7 Å². The van der Waals surface area contributed by atoms with Crippen LogP contribution in [0.5, 0.6) is 0 Å². The number of aryl methyl sites for hydroxylation is 1. The average Bonchev–Trinajstić information content (AvgIpc) is 2.51. The number of ether oxygens (including phenoxy) is 1. The van der Waals surface area contributed by atoms with Gasteiger partial charge in [0.15, 0.2) is 5.78 Å². The number of nitrogens with zero attached hydrogens (tertiary/aromatic N) is 1. The van der Waals surface area contributed by atoms with Gasteiger partial charge < -0.3 is 9.30 Å². The van der Waals surface area contributed by atoms with Gasteiger partial charge in [-0.1, -0.05) is 0 Å². The molecule has 1 saturated carbocycles. The Balaban J connectivity index is 2.02. The molecule has 0 bridgehead atoms. The van der Waals surface area contributed by atoms with Gasteiger partial charge in [-0.15, -0.1) is 0 Å². The van der Waals surface area contributed by atoms with Crippen LogP contribution in [0.25, 0.3) is 0 Å². The topological polar surface area (TPSA) is 31.2 Å². The lowest BCUT2D eigenvalue weighted by molar-refractivity contribution is 0.00728. The highest BCUT2D eigenvalue weighted by Crippen LogP contribution is 2.22. The van der Waals surface area contributed by atoms with E-state index in [9.17, 15) is 4.79 Å². The molecule has 0 atom stereocenters. The van der Waals surface area contributed by atoms with Gasteiger partial charge in [-0.25, -0.2) is 0 Å². The zero-order valence-corrected chi connectivity index (χ0v) is 11.0. The van der Waals surface area contributed by atoms with Crippen LogP contribution in [0.1, 0.15) is 47.9 Å². The molecule has 0 radical (unpaired) electrons. The molecule has 1 aliphatic rings. The summed E-state index contributed by atoms with van der Waals surface area (Å²) in [5.74, 6) is 0.115. The number of ketones is 1. The fourth-order valence-electron chi connectivity index (χ4n) is 2.38. The Kier molecular flexibility index (Phi) is 3.67. The third-order valence-corrected chi connectivity index (χ3v) is 3.69. The Morgan fingerprint density at radius 2 is 2.18 bits per heavy atom. The second kappa shape index (κ2) is 5.05. The van der Waals surface area contributed by atoms with E-state index in [2.05, 4.69) is 11.5 Å². The third kappa shape index (κ3) is 2.44. The summed E-state index contributed by atoms with van der Waals surface area (Å²) in [6, 6.07) is 1.98. The highest BCUT2D eigenvalue weighted by Gasteiger charge is 2.21. The van der Waals surface area contributed by atoms with Gasteiger partial charge >= 0.3 is 0 Å². The number of hydrogen-bond donors (Lipinski definition) is 0. The fraction of sp³-hybridized carbons (Fsp3) is 0.643. The fourth-order valence-corrected chi connectivity index (χ4v) is 2.38. The molecule has 3 heteroatoms. The molecule has 2 rings (SSSR count). The summed E-state index contributed by atoms with van der Waals surface area (Å²) in [7, 11) is 0. The Morgan fingerprint density at radius 1 is 1.47 bits per heavy atom. The van der Waals surface area contributed by atoms with Crippen LogP contribution >= 0.6 is 0 Å². The van der Waals surface area contributed by atoms with Crippen LogP contribution in [-0.4, -0.2) is 23.1 Å². The van der Waals surface area contributed by atoms with Crippen LogP contribution in [0.3, 0.4) is 0 Å². The maximum Gasteiger partial charge on any atom is 0.190 e. The molecule has 0 N–H and O–H groups in total. The molecule has 0 aliphatic heterocycles. The highest BCUT2D eigenvalue weighted by atomic mass is 16.5. The molecule has 0 spiro atoms.